The lowest BCUT2D eigenvalue weighted by Gasteiger charge is -2.32. The van der Waals surface area contributed by atoms with Gasteiger partial charge in [0.1, 0.15) is 5.82 Å². The zero-order valence-corrected chi connectivity index (χ0v) is 15.5. The van der Waals surface area contributed by atoms with Gasteiger partial charge in [-0.2, -0.15) is 5.26 Å². The molecule has 27 heavy (non-hydrogen) atoms. The van der Waals surface area contributed by atoms with Crippen LogP contribution in [-0.2, 0) is 20.1 Å². The molecule has 0 aliphatic carbocycles. The predicted molar refractivity (Wildman–Crippen MR) is 101 cm³/mol. The van der Waals surface area contributed by atoms with E-state index in [4.69, 9.17) is 5.26 Å². The lowest BCUT2D eigenvalue weighted by atomic mass is 9.96. The van der Waals surface area contributed by atoms with E-state index in [9.17, 15) is 0 Å². The normalized spacial score (nSPS) is 17.7. The first-order valence-electron chi connectivity index (χ1n) is 9.28. The summed E-state index contributed by atoms with van der Waals surface area (Å²) in [7, 11) is 2.05. The van der Waals surface area contributed by atoms with E-state index in [1.807, 2.05) is 29.0 Å². The Morgan fingerprint density at radius 1 is 1.26 bits per heavy atom. The van der Waals surface area contributed by atoms with Crippen molar-refractivity contribution in [3.63, 3.8) is 0 Å². The van der Waals surface area contributed by atoms with Crippen molar-refractivity contribution in [1.29, 1.82) is 5.26 Å². The number of aromatic nitrogens is 5. The predicted octanol–water partition coefficient (Wildman–Crippen LogP) is 2.31. The van der Waals surface area contributed by atoms with Crippen molar-refractivity contribution in [1.82, 2.24) is 29.2 Å². The molecule has 0 unspecified atom stereocenters. The van der Waals surface area contributed by atoms with E-state index >= 15 is 0 Å². The van der Waals surface area contributed by atoms with E-state index < -0.39 is 0 Å². The summed E-state index contributed by atoms with van der Waals surface area (Å²) >= 11 is 0. The van der Waals surface area contributed by atoms with E-state index in [-0.39, 0.29) is 0 Å². The second kappa shape index (κ2) is 7.72. The molecular weight excluding hydrogens is 338 g/mol. The van der Waals surface area contributed by atoms with Crippen LogP contribution in [0.5, 0.6) is 0 Å². The Morgan fingerprint density at radius 2 is 2.19 bits per heavy atom. The Bertz CT molecular complexity index is 936. The lowest BCUT2D eigenvalue weighted by Crippen LogP contribution is -2.34. The second-order valence-electron chi connectivity index (χ2n) is 7.15. The van der Waals surface area contributed by atoms with Gasteiger partial charge in [-0.05, 0) is 37.1 Å². The number of benzene rings is 1. The van der Waals surface area contributed by atoms with Crippen LogP contribution in [0.3, 0.4) is 0 Å². The number of imidazole rings is 1. The first kappa shape index (κ1) is 17.4. The van der Waals surface area contributed by atoms with Crippen LogP contribution < -0.4 is 0 Å². The molecule has 3 heterocycles. The average molecular weight is 361 g/mol. The highest BCUT2D eigenvalue weighted by Gasteiger charge is 2.26. The maximum atomic E-state index is 9.10. The SMILES string of the molecule is Cn1c(Cn2ccnc2)nnc1[C@H]1CCCN(Cc2cccc(C#N)c2)C1. The van der Waals surface area contributed by atoms with Crippen LogP contribution >= 0.6 is 0 Å². The highest BCUT2D eigenvalue weighted by Crippen LogP contribution is 2.27. The average Bonchev–Trinajstić information content (AvgIpc) is 3.33. The molecule has 138 valence electrons. The van der Waals surface area contributed by atoms with Gasteiger partial charge in [-0.1, -0.05) is 12.1 Å². The monoisotopic (exact) mass is 361 g/mol. The molecule has 0 bridgehead atoms. The van der Waals surface area contributed by atoms with E-state index in [0.717, 1.165) is 49.7 Å². The minimum absolute atomic E-state index is 0.381. The summed E-state index contributed by atoms with van der Waals surface area (Å²) in [5.74, 6) is 2.38. The van der Waals surface area contributed by atoms with Crippen LogP contribution in [0.4, 0.5) is 0 Å². The zero-order valence-electron chi connectivity index (χ0n) is 15.5. The standard InChI is InChI=1S/C20H23N7/c1-25-19(14-27-9-7-22-15-27)23-24-20(25)18-6-3-8-26(13-18)12-17-5-2-4-16(10-17)11-21/h2,4-5,7,9-10,15,18H,3,6,8,12-14H2,1H3/t18-/m0/s1. The minimum atomic E-state index is 0.381. The molecule has 1 saturated heterocycles. The van der Waals surface area contributed by atoms with Gasteiger partial charge >= 0.3 is 0 Å². The third-order valence-corrected chi connectivity index (χ3v) is 5.21. The minimum Gasteiger partial charge on any atom is -0.330 e. The molecule has 1 fully saturated rings. The van der Waals surface area contributed by atoms with Crippen LogP contribution in [-0.4, -0.2) is 42.3 Å². The highest BCUT2D eigenvalue weighted by molar-refractivity contribution is 5.32. The summed E-state index contributed by atoms with van der Waals surface area (Å²) in [4.78, 5) is 6.54. The van der Waals surface area contributed by atoms with Crippen molar-refractivity contribution in [2.75, 3.05) is 13.1 Å². The quantitative estimate of drug-likeness (QED) is 0.697. The van der Waals surface area contributed by atoms with Gasteiger partial charge < -0.3 is 9.13 Å². The molecule has 1 aromatic carbocycles. The maximum Gasteiger partial charge on any atom is 0.152 e. The Morgan fingerprint density at radius 3 is 3.00 bits per heavy atom. The van der Waals surface area contributed by atoms with Gasteiger partial charge in [0.25, 0.3) is 0 Å². The fourth-order valence-electron chi connectivity index (χ4n) is 3.82. The maximum absolute atomic E-state index is 9.10. The second-order valence-corrected chi connectivity index (χ2v) is 7.15. The van der Waals surface area contributed by atoms with Crippen molar-refractivity contribution in [3.05, 3.63) is 65.8 Å². The highest BCUT2D eigenvalue weighted by atomic mass is 15.3. The molecule has 3 aromatic rings. The molecule has 1 aliphatic rings. The van der Waals surface area contributed by atoms with E-state index in [1.54, 1.807) is 12.5 Å². The fraction of sp³-hybridized carbons (Fsp3) is 0.400. The Hall–Kier alpha value is -2.98. The van der Waals surface area contributed by atoms with Crippen LogP contribution in [0, 0.1) is 11.3 Å². The number of likely N-dealkylation sites (tertiary alicyclic amines) is 1. The van der Waals surface area contributed by atoms with Crippen LogP contribution in [0.15, 0.2) is 43.0 Å². The van der Waals surface area contributed by atoms with Crippen molar-refractivity contribution < 1.29 is 0 Å². The Kier molecular flexibility index (Phi) is 4.99. The van der Waals surface area contributed by atoms with E-state index in [0.29, 0.717) is 12.5 Å². The molecule has 1 aliphatic heterocycles. The summed E-state index contributed by atoms with van der Waals surface area (Å²) in [6.45, 7) is 3.59. The zero-order chi connectivity index (χ0) is 18.6. The van der Waals surface area contributed by atoms with Gasteiger partial charge in [0.05, 0.1) is 24.5 Å². The molecule has 7 heteroatoms. The summed E-state index contributed by atoms with van der Waals surface area (Å²) in [5.41, 5.74) is 1.91. The molecule has 0 amide bonds. The molecule has 0 saturated carbocycles. The van der Waals surface area contributed by atoms with Gasteiger partial charge in [-0.15, -0.1) is 10.2 Å². The van der Waals surface area contributed by atoms with Crippen molar-refractivity contribution >= 4 is 0 Å². The number of hydrogen-bond acceptors (Lipinski definition) is 5. The van der Waals surface area contributed by atoms with Crippen molar-refractivity contribution in [2.45, 2.75) is 31.8 Å². The molecule has 0 radical (unpaired) electrons. The van der Waals surface area contributed by atoms with Gasteiger partial charge in [-0.25, -0.2) is 4.98 Å². The third kappa shape index (κ3) is 3.91. The first-order chi connectivity index (χ1) is 13.2. The van der Waals surface area contributed by atoms with Gasteiger partial charge in [-0.3, -0.25) is 4.90 Å². The number of rotatable bonds is 5. The summed E-state index contributed by atoms with van der Waals surface area (Å²) in [6, 6.07) is 10.1. The molecule has 0 spiro atoms. The fourth-order valence-corrected chi connectivity index (χ4v) is 3.82. The smallest absolute Gasteiger partial charge is 0.152 e. The van der Waals surface area contributed by atoms with Crippen LogP contribution in [0.2, 0.25) is 0 Å². The molecular formula is C20H23N7. The molecule has 7 nitrogen and oxygen atoms in total. The van der Waals surface area contributed by atoms with Crippen molar-refractivity contribution in [2.24, 2.45) is 7.05 Å². The van der Waals surface area contributed by atoms with E-state index in [2.05, 4.69) is 43.8 Å². The van der Waals surface area contributed by atoms with Gasteiger partial charge in [0.2, 0.25) is 0 Å². The third-order valence-electron chi connectivity index (χ3n) is 5.21. The summed E-state index contributed by atoms with van der Waals surface area (Å²) in [5, 5.41) is 18.0. The van der Waals surface area contributed by atoms with Crippen molar-refractivity contribution in [3.8, 4) is 6.07 Å². The number of nitriles is 1. The van der Waals surface area contributed by atoms with Crippen LogP contribution in [0.1, 0.15) is 41.5 Å². The molecule has 2 aromatic heterocycles. The number of piperidine rings is 1. The topological polar surface area (TPSA) is 75.6 Å². The van der Waals surface area contributed by atoms with Gasteiger partial charge in [0.15, 0.2) is 5.82 Å². The Labute approximate surface area is 158 Å². The molecule has 4 rings (SSSR count). The van der Waals surface area contributed by atoms with Gasteiger partial charge in [0, 0.05) is 38.4 Å². The molecule has 0 N–H and O–H groups in total. The lowest BCUT2D eigenvalue weighted by molar-refractivity contribution is 0.195. The first-order valence-corrected chi connectivity index (χ1v) is 9.28. The number of hydrogen-bond donors (Lipinski definition) is 0. The largest absolute Gasteiger partial charge is 0.330 e. The molecule has 1 atom stereocenters. The summed E-state index contributed by atoms with van der Waals surface area (Å²) < 4.78 is 4.13. The Balaban J connectivity index is 1.45. The number of nitrogens with zero attached hydrogens (tertiary/aromatic N) is 7. The van der Waals surface area contributed by atoms with Crippen LogP contribution in [0.25, 0.3) is 0 Å². The summed E-state index contributed by atoms with van der Waals surface area (Å²) in [6.07, 6.45) is 7.79. The van der Waals surface area contributed by atoms with E-state index in [1.165, 1.54) is 5.56 Å².